The van der Waals surface area contributed by atoms with Crippen LogP contribution in [0.5, 0.6) is 0 Å². The lowest BCUT2D eigenvalue weighted by atomic mass is 9.97. The van der Waals surface area contributed by atoms with Crippen LogP contribution in [-0.4, -0.2) is 28.1 Å². The highest BCUT2D eigenvalue weighted by atomic mass is 35.5. The number of rotatable bonds is 5. The lowest BCUT2D eigenvalue weighted by molar-refractivity contribution is 0.0314. The van der Waals surface area contributed by atoms with Crippen molar-refractivity contribution in [2.24, 2.45) is 0 Å². The average molecular weight is 271 g/mol. The van der Waals surface area contributed by atoms with E-state index < -0.39 is 5.60 Å². The molecule has 2 N–H and O–H groups in total. The highest BCUT2D eigenvalue weighted by Gasteiger charge is 2.23. The van der Waals surface area contributed by atoms with Gasteiger partial charge in [0.25, 0.3) is 5.91 Å². The molecule has 0 radical (unpaired) electrons. The van der Waals surface area contributed by atoms with E-state index in [1.807, 2.05) is 13.8 Å². The molecule has 0 unspecified atom stereocenters. The summed E-state index contributed by atoms with van der Waals surface area (Å²) in [5.41, 5.74) is 0.303. The van der Waals surface area contributed by atoms with Gasteiger partial charge in [-0.25, -0.2) is 4.98 Å². The fraction of sp³-hybridized carbons (Fsp3) is 0.538. The molecule has 1 amide bonds. The van der Waals surface area contributed by atoms with Crippen molar-refractivity contribution in [3.63, 3.8) is 0 Å². The summed E-state index contributed by atoms with van der Waals surface area (Å²) >= 11 is 5.80. The van der Waals surface area contributed by atoms with Gasteiger partial charge in [-0.15, -0.1) is 0 Å². The molecule has 0 spiro atoms. The van der Waals surface area contributed by atoms with Gasteiger partial charge in [0, 0.05) is 17.8 Å². The Hall–Kier alpha value is -1.13. The molecule has 18 heavy (non-hydrogen) atoms. The van der Waals surface area contributed by atoms with Gasteiger partial charge in [0.15, 0.2) is 0 Å². The molecule has 0 saturated carbocycles. The predicted molar refractivity (Wildman–Crippen MR) is 71.8 cm³/mol. The van der Waals surface area contributed by atoms with Crippen LogP contribution in [0, 0.1) is 6.92 Å². The van der Waals surface area contributed by atoms with Crippen LogP contribution in [0.15, 0.2) is 12.1 Å². The third-order valence-corrected chi connectivity index (χ3v) is 3.27. The van der Waals surface area contributed by atoms with Gasteiger partial charge in [-0.1, -0.05) is 25.4 Å². The number of amides is 1. The Bertz CT molecular complexity index is 411. The number of nitrogens with one attached hydrogen (secondary N) is 1. The monoisotopic (exact) mass is 270 g/mol. The van der Waals surface area contributed by atoms with E-state index in [0.717, 1.165) is 0 Å². The molecule has 1 aromatic heterocycles. The number of halogens is 1. The summed E-state index contributed by atoms with van der Waals surface area (Å²) in [6.45, 7) is 5.79. The van der Waals surface area contributed by atoms with Gasteiger partial charge in [0.05, 0.1) is 5.60 Å². The molecular formula is C13H19ClN2O2. The van der Waals surface area contributed by atoms with Crippen molar-refractivity contribution < 1.29 is 9.90 Å². The summed E-state index contributed by atoms with van der Waals surface area (Å²) < 4.78 is 0. The largest absolute Gasteiger partial charge is 0.388 e. The fourth-order valence-corrected chi connectivity index (χ4v) is 1.86. The van der Waals surface area contributed by atoms with E-state index in [9.17, 15) is 9.90 Å². The summed E-state index contributed by atoms with van der Waals surface area (Å²) in [6, 6.07) is 3.18. The number of hydrogen-bond acceptors (Lipinski definition) is 3. The minimum atomic E-state index is -0.846. The maximum atomic E-state index is 11.9. The number of carbonyl (C=O) groups is 1. The number of aliphatic hydroxyl groups is 1. The van der Waals surface area contributed by atoms with Gasteiger partial charge in [-0.05, 0) is 31.9 Å². The van der Waals surface area contributed by atoms with Crippen molar-refractivity contribution in [1.29, 1.82) is 0 Å². The Morgan fingerprint density at radius 2 is 2.06 bits per heavy atom. The second-order valence-corrected chi connectivity index (χ2v) is 4.82. The van der Waals surface area contributed by atoms with Gasteiger partial charge in [-0.2, -0.15) is 0 Å². The van der Waals surface area contributed by atoms with Crippen LogP contribution >= 0.6 is 11.6 Å². The molecule has 0 aliphatic heterocycles. The van der Waals surface area contributed by atoms with Gasteiger partial charge in [0.1, 0.15) is 5.15 Å². The van der Waals surface area contributed by atoms with Crippen LogP contribution in [0.2, 0.25) is 5.15 Å². The van der Waals surface area contributed by atoms with Crippen molar-refractivity contribution in [2.45, 2.75) is 39.2 Å². The van der Waals surface area contributed by atoms with Gasteiger partial charge in [0.2, 0.25) is 0 Å². The minimum absolute atomic E-state index is 0.234. The molecule has 100 valence electrons. The van der Waals surface area contributed by atoms with Crippen LogP contribution in [0.25, 0.3) is 0 Å². The lowest BCUT2D eigenvalue weighted by Gasteiger charge is -2.25. The van der Waals surface area contributed by atoms with E-state index in [1.54, 1.807) is 13.0 Å². The van der Waals surface area contributed by atoms with Crippen molar-refractivity contribution in [2.75, 3.05) is 6.54 Å². The Balaban J connectivity index is 2.71. The first kappa shape index (κ1) is 14.9. The number of pyridine rings is 1. The topological polar surface area (TPSA) is 62.2 Å². The molecule has 0 saturated heterocycles. The maximum absolute atomic E-state index is 11.9. The Morgan fingerprint density at radius 3 is 2.56 bits per heavy atom. The van der Waals surface area contributed by atoms with E-state index in [4.69, 9.17) is 11.6 Å². The van der Waals surface area contributed by atoms with Crippen LogP contribution in [-0.2, 0) is 0 Å². The molecule has 0 fully saturated rings. The van der Waals surface area contributed by atoms with Crippen molar-refractivity contribution in [1.82, 2.24) is 10.3 Å². The molecule has 5 heteroatoms. The van der Waals surface area contributed by atoms with Crippen LogP contribution < -0.4 is 5.32 Å². The SMILES string of the molecule is CCC(O)(CC)CNC(=O)c1cc(C)nc(Cl)c1. The quantitative estimate of drug-likeness (QED) is 0.807. The molecule has 0 bridgehead atoms. The number of hydrogen-bond donors (Lipinski definition) is 2. The summed E-state index contributed by atoms with van der Waals surface area (Å²) in [5.74, 6) is -0.247. The number of nitrogens with zero attached hydrogens (tertiary/aromatic N) is 1. The summed E-state index contributed by atoms with van der Waals surface area (Å²) in [6.07, 6.45) is 1.19. The maximum Gasteiger partial charge on any atom is 0.251 e. The highest BCUT2D eigenvalue weighted by molar-refractivity contribution is 6.29. The molecule has 1 rings (SSSR count). The number of carbonyl (C=O) groups excluding carboxylic acids is 1. The zero-order valence-electron chi connectivity index (χ0n) is 11.0. The second-order valence-electron chi connectivity index (χ2n) is 4.43. The van der Waals surface area contributed by atoms with Gasteiger partial charge >= 0.3 is 0 Å². The molecule has 1 heterocycles. The van der Waals surface area contributed by atoms with Gasteiger partial charge in [-0.3, -0.25) is 4.79 Å². The third-order valence-electron chi connectivity index (χ3n) is 3.08. The Labute approximate surface area is 112 Å². The zero-order valence-corrected chi connectivity index (χ0v) is 11.7. The molecule has 0 aliphatic rings. The number of aryl methyl sites for hydroxylation is 1. The smallest absolute Gasteiger partial charge is 0.251 e. The Kier molecular flexibility index (Phi) is 5.11. The van der Waals surface area contributed by atoms with Crippen LogP contribution in [0.1, 0.15) is 42.7 Å². The molecule has 0 aromatic carbocycles. The van der Waals surface area contributed by atoms with Gasteiger partial charge < -0.3 is 10.4 Å². The predicted octanol–water partition coefficient (Wildman–Crippen LogP) is 2.32. The molecule has 0 aliphatic carbocycles. The first-order chi connectivity index (χ1) is 8.40. The van der Waals surface area contributed by atoms with Crippen LogP contribution in [0.3, 0.4) is 0 Å². The summed E-state index contributed by atoms with van der Waals surface area (Å²) in [5, 5.41) is 13.1. The van der Waals surface area contributed by atoms with Crippen molar-refractivity contribution in [3.8, 4) is 0 Å². The standard InChI is InChI=1S/C13H19ClN2O2/c1-4-13(18,5-2)8-15-12(17)10-6-9(3)16-11(14)7-10/h6-7,18H,4-5,8H2,1-3H3,(H,15,17). The van der Waals surface area contributed by atoms with E-state index in [1.165, 1.54) is 6.07 Å². The lowest BCUT2D eigenvalue weighted by Crippen LogP contribution is -2.42. The van der Waals surface area contributed by atoms with Crippen molar-refractivity contribution in [3.05, 3.63) is 28.5 Å². The third kappa shape index (κ3) is 3.96. The normalized spacial score (nSPS) is 11.4. The van der Waals surface area contributed by atoms with Crippen LogP contribution in [0.4, 0.5) is 0 Å². The molecule has 4 nitrogen and oxygen atoms in total. The molecular weight excluding hydrogens is 252 g/mol. The average Bonchev–Trinajstić information content (AvgIpc) is 2.34. The highest BCUT2D eigenvalue weighted by Crippen LogP contribution is 2.14. The number of aromatic nitrogens is 1. The van der Waals surface area contributed by atoms with E-state index in [0.29, 0.717) is 29.3 Å². The minimum Gasteiger partial charge on any atom is -0.388 e. The van der Waals surface area contributed by atoms with E-state index in [-0.39, 0.29) is 12.5 Å². The Morgan fingerprint density at radius 1 is 1.44 bits per heavy atom. The molecule has 0 atom stereocenters. The zero-order chi connectivity index (χ0) is 13.8. The van der Waals surface area contributed by atoms with Crippen molar-refractivity contribution >= 4 is 17.5 Å². The first-order valence-corrected chi connectivity index (χ1v) is 6.43. The van der Waals surface area contributed by atoms with E-state index in [2.05, 4.69) is 10.3 Å². The summed E-state index contributed by atoms with van der Waals surface area (Å²) in [7, 11) is 0. The first-order valence-electron chi connectivity index (χ1n) is 6.05. The summed E-state index contributed by atoms with van der Waals surface area (Å²) in [4.78, 5) is 15.9. The molecule has 1 aromatic rings. The second kappa shape index (κ2) is 6.16. The van der Waals surface area contributed by atoms with E-state index >= 15 is 0 Å². The fourth-order valence-electron chi connectivity index (χ4n) is 1.61.